The first-order chi connectivity index (χ1) is 18.5. The molecule has 4 bridgehead atoms. The lowest BCUT2D eigenvalue weighted by atomic mass is 9.48. The van der Waals surface area contributed by atoms with Gasteiger partial charge in [0.1, 0.15) is 11.5 Å². The van der Waals surface area contributed by atoms with E-state index in [0.29, 0.717) is 0 Å². The van der Waals surface area contributed by atoms with Crippen LogP contribution in [0.1, 0.15) is 55.2 Å². The van der Waals surface area contributed by atoms with E-state index < -0.39 is 0 Å². The molecule has 196 valence electrons. The summed E-state index contributed by atoms with van der Waals surface area (Å²) in [4.78, 5) is 4.99. The predicted molar refractivity (Wildman–Crippen MR) is 157 cm³/mol. The maximum Gasteiger partial charge on any atom is 0.205 e. The molecule has 4 aliphatic carbocycles. The van der Waals surface area contributed by atoms with Crippen LogP contribution in [0.5, 0.6) is 11.5 Å². The number of para-hydroxylation sites is 2. The molecule has 4 aliphatic rings. The number of benzene rings is 3. The fraction of sp³-hybridized carbons (Fsp3) is 0.364. The molecular weight excluding hydrogens is 513 g/mol. The fourth-order valence-electron chi connectivity index (χ4n) is 7.79. The molecule has 38 heavy (non-hydrogen) atoms. The van der Waals surface area contributed by atoms with Crippen molar-refractivity contribution >= 4 is 35.1 Å². The number of hydrogen-bond donors (Lipinski definition) is 0. The molecule has 0 aliphatic heterocycles. The van der Waals surface area contributed by atoms with Gasteiger partial charge in [-0.15, -0.1) is 0 Å². The lowest BCUT2D eigenvalue weighted by molar-refractivity contribution is -0.00606. The Morgan fingerprint density at radius 2 is 1.55 bits per heavy atom. The van der Waals surface area contributed by atoms with E-state index in [-0.39, 0.29) is 10.6 Å². The third kappa shape index (κ3) is 4.76. The van der Waals surface area contributed by atoms with Crippen molar-refractivity contribution in [2.45, 2.75) is 50.9 Å². The van der Waals surface area contributed by atoms with Crippen molar-refractivity contribution in [2.75, 3.05) is 7.11 Å². The maximum absolute atomic E-state index is 6.40. The first-order valence-corrected chi connectivity index (χ1v) is 14.3. The minimum Gasteiger partial charge on any atom is -0.496 e. The molecule has 0 saturated heterocycles. The van der Waals surface area contributed by atoms with Gasteiger partial charge in [0, 0.05) is 28.5 Å². The summed E-state index contributed by atoms with van der Waals surface area (Å²) >= 11 is 12.4. The van der Waals surface area contributed by atoms with Crippen LogP contribution in [0.3, 0.4) is 0 Å². The Morgan fingerprint density at radius 3 is 2.21 bits per heavy atom. The average molecular weight is 547 g/mol. The second-order valence-corrected chi connectivity index (χ2v) is 12.0. The number of aryl methyl sites for hydroxylation is 1. The van der Waals surface area contributed by atoms with Crippen LogP contribution in [-0.4, -0.2) is 13.3 Å². The third-order valence-corrected chi connectivity index (χ3v) is 9.30. The van der Waals surface area contributed by atoms with E-state index in [1.165, 1.54) is 55.2 Å². The van der Waals surface area contributed by atoms with Crippen molar-refractivity contribution < 1.29 is 9.47 Å². The first kappa shape index (κ1) is 25.5. The Labute approximate surface area is 235 Å². The molecule has 3 aromatic carbocycles. The van der Waals surface area contributed by atoms with E-state index in [4.69, 9.17) is 37.7 Å². The summed E-state index contributed by atoms with van der Waals surface area (Å²) in [6.07, 6.45) is 9.77. The van der Waals surface area contributed by atoms with Gasteiger partial charge in [0.15, 0.2) is 0 Å². The fourth-order valence-corrected chi connectivity index (χ4v) is 7.91. The molecule has 0 aromatic heterocycles. The second kappa shape index (κ2) is 10.4. The Kier molecular flexibility index (Phi) is 7.01. The Bertz CT molecular complexity index is 1370. The van der Waals surface area contributed by atoms with E-state index in [0.717, 1.165) is 51.6 Å². The summed E-state index contributed by atoms with van der Waals surface area (Å²) in [7, 11) is 1.70. The molecule has 4 saturated carbocycles. The van der Waals surface area contributed by atoms with Crippen molar-refractivity contribution in [1.82, 2.24) is 0 Å². The third-order valence-electron chi connectivity index (χ3n) is 8.80. The maximum atomic E-state index is 6.40. The second-order valence-electron chi connectivity index (χ2n) is 11.4. The zero-order valence-electron chi connectivity index (χ0n) is 21.9. The van der Waals surface area contributed by atoms with Crippen molar-refractivity contribution in [1.29, 1.82) is 0 Å². The van der Waals surface area contributed by atoms with E-state index in [2.05, 4.69) is 31.2 Å². The highest BCUT2D eigenvalue weighted by molar-refractivity contribution is 6.35. The highest BCUT2D eigenvalue weighted by Gasteiger charge is 2.52. The van der Waals surface area contributed by atoms with Gasteiger partial charge in [-0.1, -0.05) is 54.1 Å². The molecular formula is C33H33Cl2NO2. The highest BCUT2D eigenvalue weighted by Crippen LogP contribution is 2.62. The van der Waals surface area contributed by atoms with Gasteiger partial charge in [-0.25, -0.2) is 0 Å². The van der Waals surface area contributed by atoms with Crippen LogP contribution in [0.25, 0.3) is 11.1 Å². The summed E-state index contributed by atoms with van der Waals surface area (Å²) in [6, 6.07) is 20.6. The molecule has 0 N–H and O–H groups in total. The van der Waals surface area contributed by atoms with Gasteiger partial charge in [0.05, 0.1) is 18.3 Å². The van der Waals surface area contributed by atoms with E-state index in [1.54, 1.807) is 7.11 Å². The van der Waals surface area contributed by atoms with Crippen molar-refractivity contribution in [2.24, 2.45) is 22.7 Å². The monoisotopic (exact) mass is 545 g/mol. The number of nitrogens with zero attached hydrogens (tertiary/aromatic N) is 1. The van der Waals surface area contributed by atoms with E-state index >= 15 is 0 Å². The van der Waals surface area contributed by atoms with Crippen LogP contribution in [0, 0.1) is 24.7 Å². The quantitative estimate of drug-likeness (QED) is 0.218. The number of aliphatic imine (C=N–C) groups is 1. The highest BCUT2D eigenvalue weighted by atomic mass is 35.5. The zero-order valence-corrected chi connectivity index (χ0v) is 23.4. The molecule has 0 radical (unpaired) electrons. The Balaban J connectivity index is 1.45. The predicted octanol–water partition coefficient (Wildman–Crippen LogP) is 9.54. The van der Waals surface area contributed by atoms with Gasteiger partial charge in [-0.05, 0) is 104 Å². The van der Waals surface area contributed by atoms with Gasteiger partial charge < -0.3 is 9.47 Å². The molecule has 0 heterocycles. The largest absolute Gasteiger partial charge is 0.496 e. The summed E-state index contributed by atoms with van der Waals surface area (Å²) in [6.45, 7) is 2.16. The van der Waals surface area contributed by atoms with Gasteiger partial charge in [-0.3, -0.25) is 4.99 Å². The minimum absolute atomic E-state index is 0.136. The summed E-state index contributed by atoms with van der Waals surface area (Å²) in [5, 5.41) is 0.172. The number of methoxy groups -OCH3 is 1. The SMILES string of the molecule is COc1ccccc1-c1ccccc1N=Cc1cc(C)cc(C23CC4CC(CC(C4)C2)C3)c1O/C(Cl)=C\Cl. The summed E-state index contributed by atoms with van der Waals surface area (Å²) in [5.41, 5.74) is 7.70. The van der Waals surface area contributed by atoms with Crippen molar-refractivity contribution in [3.8, 4) is 22.6 Å². The summed E-state index contributed by atoms with van der Waals surface area (Å²) < 4.78 is 11.9. The number of ether oxygens (including phenoxy) is 2. The molecule has 5 heteroatoms. The Morgan fingerprint density at radius 1 is 0.921 bits per heavy atom. The van der Waals surface area contributed by atoms with Crippen LogP contribution in [0.2, 0.25) is 0 Å². The van der Waals surface area contributed by atoms with E-state index in [1.807, 2.05) is 42.6 Å². The zero-order chi connectivity index (χ0) is 26.3. The van der Waals surface area contributed by atoms with Crippen LogP contribution in [-0.2, 0) is 5.41 Å². The molecule has 0 atom stereocenters. The molecule has 3 aromatic rings. The van der Waals surface area contributed by atoms with Gasteiger partial charge >= 0.3 is 0 Å². The average Bonchev–Trinajstić information content (AvgIpc) is 2.92. The molecule has 0 spiro atoms. The first-order valence-electron chi connectivity index (χ1n) is 13.5. The van der Waals surface area contributed by atoms with Crippen LogP contribution in [0.4, 0.5) is 5.69 Å². The lowest BCUT2D eigenvalue weighted by Crippen LogP contribution is -2.48. The molecule has 0 unspecified atom stereocenters. The van der Waals surface area contributed by atoms with Gasteiger partial charge in [0.25, 0.3) is 0 Å². The Hall–Kier alpha value is -2.75. The smallest absolute Gasteiger partial charge is 0.205 e. The van der Waals surface area contributed by atoms with Crippen LogP contribution in [0.15, 0.2) is 76.4 Å². The van der Waals surface area contributed by atoms with E-state index in [9.17, 15) is 0 Å². The van der Waals surface area contributed by atoms with Crippen LogP contribution >= 0.6 is 23.2 Å². The lowest BCUT2D eigenvalue weighted by Gasteiger charge is -2.57. The normalized spacial score (nSPS) is 26.2. The topological polar surface area (TPSA) is 30.8 Å². The molecule has 7 rings (SSSR count). The van der Waals surface area contributed by atoms with Crippen molar-refractivity contribution in [3.63, 3.8) is 0 Å². The van der Waals surface area contributed by atoms with Crippen molar-refractivity contribution in [3.05, 3.63) is 88.1 Å². The number of hydrogen-bond acceptors (Lipinski definition) is 3. The standard InChI is InChI=1S/C33H33Cl2NO2/c1-21-11-25(20-36-29-9-5-3-7-26(29)27-8-4-6-10-30(27)37-2)32(38-31(35)19-34)28(12-21)33-16-22-13-23(17-33)15-24(14-22)18-33/h3-12,19-20,22-24H,13-18H2,1-2H3/b31-19-,36-20?. The molecule has 3 nitrogen and oxygen atoms in total. The molecule has 4 fully saturated rings. The van der Waals surface area contributed by atoms with Gasteiger partial charge in [0.2, 0.25) is 5.22 Å². The van der Waals surface area contributed by atoms with Gasteiger partial charge in [-0.2, -0.15) is 0 Å². The minimum atomic E-state index is 0.136. The summed E-state index contributed by atoms with van der Waals surface area (Å²) in [5.74, 6) is 4.06. The number of rotatable bonds is 7. The van der Waals surface area contributed by atoms with Crippen LogP contribution < -0.4 is 9.47 Å². The molecule has 0 amide bonds. The number of halogens is 2.